The van der Waals surface area contributed by atoms with Crippen LogP contribution in [-0.4, -0.2) is 34.0 Å². The predicted octanol–water partition coefficient (Wildman–Crippen LogP) is 1.59. The molecule has 0 aliphatic rings. The average Bonchev–Trinajstić information content (AvgIpc) is 2.45. The maximum atomic E-state index is 10.7. The lowest BCUT2D eigenvalue weighted by Crippen LogP contribution is -2.30. The second kappa shape index (κ2) is 5.65. The van der Waals surface area contributed by atoms with E-state index in [0.29, 0.717) is 12.4 Å². The first-order valence-electron chi connectivity index (χ1n) is 5.40. The zero-order valence-electron chi connectivity index (χ0n) is 9.99. The highest BCUT2D eigenvalue weighted by molar-refractivity contribution is 5.69. The van der Waals surface area contributed by atoms with E-state index in [1.165, 1.54) is 0 Å². The Labute approximate surface area is 95.1 Å². The van der Waals surface area contributed by atoms with E-state index in [9.17, 15) is 4.79 Å². The van der Waals surface area contributed by atoms with Gasteiger partial charge in [0.25, 0.3) is 0 Å². The minimum Gasteiger partial charge on any atom is -0.480 e. The van der Waals surface area contributed by atoms with Gasteiger partial charge in [-0.15, -0.1) is 0 Å². The topological polar surface area (TPSA) is 66.6 Å². The summed E-state index contributed by atoms with van der Waals surface area (Å²) in [6.07, 6.45) is 0.909. The van der Waals surface area contributed by atoms with Crippen molar-refractivity contribution < 1.29 is 14.3 Å². The molecule has 0 saturated carbocycles. The Morgan fingerprint density at radius 2 is 2.19 bits per heavy atom. The van der Waals surface area contributed by atoms with Crippen LogP contribution in [0.15, 0.2) is 4.42 Å². The van der Waals surface area contributed by atoms with Crippen LogP contribution < -0.4 is 0 Å². The van der Waals surface area contributed by atoms with Crippen LogP contribution in [0.25, 0.3) is 0 Å². The molecular weight excluding hydrogens is 208 g/mol. The number of nitrogens with zero attached hydrogens (tertiary/aromatic N) is 2. The number of hydrogen-bond acceptors (Lipinski definition) is 4. The Hall–Kier alpha value is -1.36. The molecule has 90 valence electrons. The van der Waals surface area contributed by atoms with Gasteiger partial charge in [0.15, 0.2) is 0 Å². The zero-order valence-corrected chi connectivity index (χ0v) is 9.99. The van der Waals surface area contributed by atoms with Crippen molar-refractivity contribution in [1.29, 1.82) is 0 Å². The SMILES string of the molecule is CCCN(CC(=O)O)Cc1nc(C)c(C)o1. The van der Waals surface area contributed by atoms with Gasteiger partial charge in [-0.2, -0.15) is 0 Å². The molecule has 0 aromatic carbocycles. The summed E-state index contributed by atoms with van der Waals surface area (Å²) in [5.74, 6) is 0.555. The van der Waals surface area contributed by atoms with Crippen molar-refractivity contribution >= 4 is 5.97 Å². The van der Waals surface area contributed by atoms with E-state index < -0.39 is 5.97 Å². The van der Waals surface area contributed by atoms with Crippen LogP contribution >= 0.6 is 0 Å². The van der Waals surface area contributed by atoms with Crippen LogP contribution in [0, 0.1) is 13.8 Å². The number of carboxylic acid groups (broad SMARTS) is 1. The molecule has 1 aromatic heterocycles. The minimum absolute atomic E-state index is 0.0221. The molecule has 1 aromatic rings. The number of carbonyl (C=O) groups is 1. The Morgan fingerprint density at radius 3 is 2.62 bits per heavy atom. The molecule has 0 bridgehead atoms. The molecule has 0 atom stereocenters. The fourth-order valence-electron chi connectivity index (χ4n) is 1.52. The maximum Gasteiger partial charge on any atom is 0.317 e. The molecule has 5 nitrogen and oxygen atoms in total. The van der Waals surface area contributed by atoms with Crippen LogP contribution in [-0.2, 0) is 11.3 Å². The molecule has 0 radical (unpaired) electrons. The number of aromatic nitrogens is 1. The first kappa shape index (κ1) is 12.7. The van der Waals surface area contributed by atoms with Crippen molar-refractivity contribution in [3.8, 4) is 0 Å². The standard InChI is InChI=1S/C11H18N2O3/c1-4-5-13(7-11(14)15)6-10-12-8(2)9(3)16-10/h4-7H2,1-3H3,(H,14,15). The van der Waals surface area contributed by atoms with Gasteiger partial charge >= 0.3 is 5.97 Å². The number of aliphatic carboxylic acids is 1. The summed E-state index contributed by atoms with van der Waals surface area (Å²) in [7, 11) is 0. The minimum atomic E-state index is -0.826. The molecule has 0 aliphatic carbocycles. The molecule has 0 aliphatic heterocycles. The van der Waals surface area contributed by atoms with E-state index in [1.54, 1.807) is 0 Å². The van der Waals surface area contributed by atoms with E-state index in [0.717, 1.165) is 24.4 Å². The predicted molar refractivity (Wildman–Crippen MR) is 59.2 cm³/mol. The molecule has 1 N–H and O–H groups in total. The summed E-state index contributed by atoms with van der Waals surface area (Å²) in [6.45, 7) is 6.95. The monoisotopic (exact) mass is 226 g/mol. The van der Waals surface area contributed by atoms with Gasteiger partial charge in [-0.1, -0.05) is 6.92 Å². The van der Waals surface area contributed by atoms with Gasteiger partial charge in [-0.05, 0) is 26.8 Å². The lowest BCUT2D eigenvalue weighted by molar-refractivity contribution is -0.138. The zero-order chi connectivity index (χ0) is 12.1. The van der Waals surface area contributed by atoms with Crippen LogP contribution in [0.2, 0.25) is 0 Å². The van der Waals surface area contributed by atoms with Crippen molar-refractivity contribution in [2.75, 3.05) is 13.1 Å². The Morgan fingerprint density at radius 1 is 1.50 bits per heavy atom. The largest absolute Gasteiger partial charge is 0.480 e. The quantitative estimate of drug-likeness (QED) is 0.797. The molecule has 0 amide bonds. The average molecular weight is 226 g/mol. The van der Waals surface area contributed by atoms with Crippen molar-refractivity contribution in [3.63, 3.8) is 0 Å². The fourth-order valence-corrected chi connectivity index (χ4v) is 1.52. The number of rotatable bonds is 6. The van der Waals surface area contributed by atoms with Gasteiger partial charge in [0.2, 0.25) is 5.89 Å². The highest BCUT2D eigenvalue weighted by Gasteiger charge is 2.13. The maximum absolute atomic E-state index is 10.7. The molecule has 1 rings (SSSR count). The smallest absolute Gasteiger partial charge is 0.317 e. The van der Waals surface area contributed by atoms with Crippen LogP contribution in [0.5, 0.6) is 0 Å². The van der Waals surface area contributed by atoms with Gasteiger partial charge in [-0.25, -0.2) is 4.98 Å². The highest BCUT2D eigenvalue weighted by Crippen LogP contribution is 2.10. The number of aryl methyl sites for hydroxylation is 2. The first-order valence-corrected chi connectivity index (χ1v) is 5.40. The molecule has 16 heavy (non-hydrogen) atoms. The normalized spacial score (nSPS) is 11.0. The van der Waals surface area contributed by atoms with E-state index in [2.05, 4.69) is 4.98 Å². The van der Waals surface area contributed by atoms with E-state index in [1.807, 2.05) is 25.7 Å². The van der Waals surface area contributed by atoms with Crippen LogP contribution in [0.4, 0.5) is 0 Å². The molecule has 1 heterocycles. The summed E-state index contributed by atoms with van der Waals surface area (Å²) in [4.78, 5) is 16.7. The van der Waals surface area contributed by atoms with Gasteiger partial charge in [-0.3, -0.25) is 9.69 Å². The summed E-state index contributed by atoms with van der Waals surface area (Å²) in [6, 6.07) is 0. The highest BCUT2D eigenvalue weighted by atomic mass is 16.4. The summed E-state index contributed by atoms with van der Waals surface area (Å²) in [5.41, 5.74) is 0.863. The first-order chi connectivity index (χ1) is 7.52. The van der Waals surface area contributed by atoms with Crippen molar-refractivity contribution in [2.24, 2.45) is 0 Å². The third-order valence-electron chi connectivity index (χ3n) is 2.33. The van der Waals surface area contributed by atoms with Gasteiger partial charge in [0.05, 0.1) is 18.8 Å². The summed E-state index contributed by atoms with van der Waals surface area (Å²) < 4.78 is 5.43. The second-order valence-corrected chi connectivity index (χ2v) is 3.85. The molecule has 0 saturated heterocycles. The van der Waals surface area contributed by atoms with E-state index in [4.69, 9.17) is 9.52 Å². The third-order valence-corrected chi connectivity index (χ3v) is 2.33. The lowest BCUT2D eigenvalue weighted by atomic mass is 10.4. The van der Waals surface area contributed by atoms with Crippen LogP contribution in [0.3, 0.4) is 0 Å². The van der Waals surface area contributed by atoms with Crippen molar-refractivity contribution in [3.05, 3.63) is 17.3 Å². The molecule has 5 heteroatoms. The molecule has 0 spiro atoms. The van der Waals surface area contributed by atoms with Gasteiger partial charge < -0.3 is 9.52 Å². The second-order valence-electron chi connectivity index (χ2n) is 3.85. The van der Waals surface area contributed by atoms with Crippen molar-refractivity contribution in [2.45, 2.75) is 33.7 Å². The Kier molecular flexibility index (Phi) is 4.49. The molecule has 0 unspecified atom stereocenters. The summed E-state index contributed by atoms with van der Waals surface area (Å²) >= 11 is 0. The lowest BCUT2D eigenvalue weighted by Gasteiger charge is -2.16. The van der Waals surface area contributed by atoms with E-state index >= 15 is 0 Å². The fraction of sp³-hybridized carbons (Fsp3) is 0.636. The Bertz CT molecular complexity index is 341. The van der Waals surface area contributed by atoms with Gasteiger partial charge in [0, 0.05) is 0 Å². The Balaban J connectivity index is 2.63. The number of carboxylic acids is 1. The molecule has 0 fully saturated rings. The van der Waals surface area contributed by atoms with E-state index in [-0.39, 0.29) is 6.54 Å². The molecular formula is C11H18N2O3. The van der Waals surface area contributed by atoms with Crippen LogP contribution in [0.1, 0.15) is 30.7 Å². The van der Waals surface area contributed by atoms with Gasteiger partial charge in [0.1, 0.15) is 5.76 Å². The van der Waals surface area contributed by atoms with Crippen molar-refractivity contribution in [1.82, 2.24) is 9.88 Å². The third kappa shape index (κ3) is 3.66. The number of oxazole rings is 1. The number of hydrogen-bond donors (Lipinski definition) is 1. The summed E-state index contributed by atoms with van der Waals surface area (Å²) in [5, 5.41) is 8.76.